The number of hydrogen-bond donors (Lipinski definition) is 0. The maximum Gasteiger partial charge on any atom is 0.196 e. The Labute approximate surface area is 167 Å². The van der Waals surface area contributed by atoms with Gasteiger partial charge in [-0.2, -0.15) is 0 Å². The Balaban J connectivity index is 1.82. The molecule has 0 aliphatic heterocycles. The highest BCUT2D eigenvalue weighted by molar-refractivity contribution is 7.98. The number of benzene rings is 1. The van der Waals surface area contributed by atoms with Gasteiger partial charge in [-0.15, -0.1) is 10.2 Å². The lowest BCUT2D eigenvalue weighted by atomic mass is 10.2. The molecule has 8 heteroatoms. The van der Waals surface area contributed by atoms with Crippen molar-refractivity contribution >= 4 is 54.8 Å². The van der Waals surface area contributed by atoms with Crippen molar-refractivity contribution in [3.63, 3.8) is 0 Å². The summed E-state index contributed by atoms with van der Waals surface area (Å²) in [4.78, 5) is 11.8. The molecule has 6 aromatic rings. The van der Waals surface area contributed by atoms with Crippen LogP contribution in [0, 0.1) is 6.92 Å². The number of hydrogen-bond acceptors (Lipinski definition) is 6. The van der Waals surface area contributed by atoms with Crippen molar-refractivity contribution in [2.45, 2.75) is 12.1 Å². The lowest BCUT2D eigenvalue weighted by molar-refractivity contribution is 0.945. The topological polar surface area (TPSA) is 60.4 Å². The molecular weight excluding hydrogens is 388 g/mol. The van der Waals surface area contributed by atoms with Crippen LogP contribution in [0.5, 0.6) is 0 Å². The Hall–Kier alpha value is -2.97. The van der Waals surface area contributed by atoms with Crippen LogP contribution in [0.3, 0.4) is 0 Å². The summed E-state index contributed by atoms with van der Waals surface area (Å²) >= 11 is 3.26. The second-order valence-corrected chi connectivity index (χ2v) is 8.29. The molecule has 0 aliphatic rings. The third-order valence-electron chi connectivity index (χ3n) is 4.96. The van der Waals surface area contributed by atoms with Crippen molar-refractivity contribution < 1.29 is 0 Å². The van der Waals surface area contributed by atoms with Crippen molar-refractivity contribution in [1.82, 2.24) is 29.0 Å². The average molecular weight is 403 g/mol. The zero-order chi connectivity index (χ0) is 18.8. The second-order valence-electron chi connectivity index (χ2n) is 6.54. The summed E-state index contributed by atoms with van der Waals surface area (Å²) in [5.41, 5.74) is 5.01. The molecule has 1 aromatic carbocycles. The summed E-state index contributed by atoms with van der Waals surface area (Å²) in [6.45, 7) is 2.06. The minimum Gasteiger partial charge on any atom is -0.310 e. The van der Waals surface area contributed by atoms with Gasteiger partial charge < -0.3 is 4.40 Å². The molecule has 5 aromatic heterocycles. The van der Waals surface area contributed by atoms with E-state index in [1.165, 1.54) is 0 Å². The van der Waals surface area contributed by atoms with Gasteiger partial charge in [0, 0.05) is 11.8 Å². The molecular formula is C20H14N6S2. The molecule has 0 saturated carbocycles. The number of thiophene rings is 1. The predicted molar refractivity (Wildman–Crippen MR) is 114 cm³/mol. The lowest BCUT2D eigenvalue weighted by Gasteiger charge is -2.06. The first kappa shape index (κ1) is 16.0. The van der Waals surface area contributed by atoms with Gasteiger partial charge in [-0.05, 0) is 25.3 Å². The smallest absolute Gasteiger partial charge is 0.196 e. The molecule has 6 nitrogen and oxygen atoms in total. The Morgan fingerprint density at radius 3 is 2.68 bits per heavy atom. The predicted octanol–water partition coefficient (Wildman–Crippen LogP) is 4.84. The van der Waals surface area contributed by atoms with Crippen LogP contribution < -0.4 is 0 Å². The maximum absolute atomic E-state index is 4.91. The fraction of sp³-hybridized carbons (Fsp3) is 0.100. The number of rotatable bonds is 2. The van der Waals surface area contributed by atoms with Gasteiger partial charge in [-0.3, -0.25) is 4.40 Å². The Morgan fingerprint density at radius 2 is 1.86 bits per heavy atom. The summed E-state index contributed by atoms with van der Waals surface area (Å²) in [5, 5.41) is 10.8. The van der Waals surface area contributed by atoms with Crippen molar-refractivity contribution in [1.29, 1.82) is 0 Å². The Kier molecular flexibility index (Phi) is 3.30. The van der Waals surface area contributed by atoms with Crippen LogP contribution in [0.25, 0.3) is 43.1 Å². The molecule has 0 fully saturated rings. The second kappa shape index (κ2) is 5.76. The zero-order valence-corrected chi connectivity index (χ0v) is 16.8. The standard InChI is InChI=1S/C20H14N6S2/c1-11-14-15-19(28-18(14)22-16(21-11)12-7-4-3-5-8-12)26-17(23-24-20(26)27-2)13-9-6-10-25(13)15/h3-10H,1-2H3. The van der Waals surface area contributed by atoms with E-state index < -0.39 is 0 Å². The van der Waals surface area contributed by atoms with E-state index in [1.807, 2.05) is 42.7 Å². The molecule has 136 valence electrons. The number of fused-ring (bicyclic) bond motifs is 8. The SMILES string of the molecule is CSc1nnc2c3cccn3c3c4c(C)nc(-c5ccccc5)nc4sc3n12. The zero-order valence-electron chi connectivity index (χ0n) is 15.1. The molecule has 0 unspecified atom stereocenters. The van der Waals surface area contributed by atoms with Crippen molar-refractivity contribution in [2.24, 2.45) is 0 Å². The highest BCUT2D eigenvalue weighted by Crippen LogP contribution is 2.38. The maximum atomic E-state index is 4.91. The molecule has 0 amide bonds. The molecule has 28 heavy (non-hydrogen) atoms. The molecule has 0 bridgehead atoms. The first-order chi connectivity index (χ1) is 13.8. The van der Waals surface area contributed by atoms with Gasteiger partial charge in [0.15, 0.2) is 16.6 Å². The van der Waals surface area contributed by atoms with Gasteiger partial charge in [-0.1, -0.05) is 53.4 Å². The Morgan fingerprint density at radius 1 is 1.00 bits per heavy atom. The summed E-state index contributed by atoms with van der Waals surface area (Å²) in [5.74, 6) is 0.756. The molecule has 0 atom stereocenters. The van der Waals surface area contributed by atoms with E-state index in [4.69, 9.17) is 9.97 Å². The monoisotopic (exact) mass is 402 g/mol. The summed E-state index contributed by atoms with van der Waals surface area (Å²) < 4.78 is 4.32. The third kappa shape index (κ3) is 2.04. The highest BCUT2D eigenvalue weighted by Gasteiger charge is 2.21. The minimum absolute atomic E-state index is 0.756. The van der Waals surface area contributed by atoms with Gasteiger partial charge in [0.1, 0.15) is 9.66 Å². The van der Waals surface area contributed by atoms with Crippen molar-refractivity contribution in [3.8, 4) is 11.4 Å². The normalized spacial score (nSPS) is 12.1. The van der Waals surface area contributed by atoms with Crippen LogP contribution in [0.2, 0.25) is 0 Å². The van der Waals surface area contributed by atoms with E-state index in [2.05, 4.69) is 38.2 Å². The van der Waals surface area contributed by atoms with Crippen LogP contribution in [0.15, 0.2) is 53.8 Å². The van der Waals surface area contributed by atoms with Gasteiger partial charge in [0.25, 0.3) is 0 Å². The third-order valence-corrected chi connectivity index (χ3v) is 6.65. The van der Waals surface area contributed by atoms with Crippen LogP contribution in [-0.2, 0) is 0 Å². The minimum atomic E-state index is 0.756. The van der Waals surface area contributed by atoms with E-state index in [0.717, 1.165) is 54.0 Å². The number of aryl methyl sites for hydroxylation is 1. The molecule has 0 aliphatic carbocycles. The number of aromatic nitrogens is 6. The highest BCUT2D eigenvalue weighted by atomic mass is 32.2. The van der Waals surface area contributed by atoms with Crippen LogP contribution in [-0.4, -0.2) is 35.2 Å². The Bertz CT molecular complexity index is 1510. The number of nitrogens with zero attached hydrogens (tertiary/aromatic N) is 6. The van der Waals surface area contributed by atoms with E-state index in [-0.39, 0.29) is 0 Å². The van der Waals surface area contributed by atoms with Gasteiger partial charge >= 0.3 is 0 Å². The van der Waals surface area contributed by atoms with Crippen molar-refractivity contribution in [3.05, 3.63) is 54.4 Å². The molecule has 5 heterocycles. The molecule has 0 spiro atoms. The number of thioether (sulfide) groups is 1. The largest absolute Gasteiger partial charge is 0.310 e. The summed E-state index contributed by atoms with van der Waals surface area (Å²) in [6.07, 6.45) is 4.10. The summed E-state index contributed by atoms with van der Waals surface area (Å²) in [7, 11) is 0. The fourth-order valence-electron chi connectivity index (χ4n) is 3.74. The first-order valence-electron chi connectivity index (χ1n) is 8.80. The molecule has 0 radical (unpaired) electrons. The molecule has 6 rings (SSSR count). The van der Waals surface area contributed by atoms with Gasteiger partial charge in [0.05, 0.1) is 22.1 Å². The lowest BCUT2D eigenvalue weighted by Crippen LogP contribution is -1.96. The average Bonchev–Trinajstić information content (AvgIpc) is 3.43. The molecule has 0 N–H and O–H groups in total. The van der Waals surface area contributed by atoms with E-state index in [9.17, 15) is 0 Å². The van der Waals surface area contributed by atoms with Crippen LogP contribution in [0.1, 0.15) is 5.69 Å². The quantitative estimate of drug-likeness (QED) is 0.388. The van der Waals surface area contributed by atoms with Crippen LogP contribution in [0.4, 0.5) is 0 Å². The van der Waals surface area contributed by atoms with Crippen molar-refractivity contribution in [2.75, 3.05) is 6.26 Å². The van der Waals surface area contributed by atoms with Gasteiger partial charge in [-0.25, -0.2) is 9.97 Å². The fourth-order valence-corrected chi connectivity index (χ4v) is 5.50. The van der Waals surface area contributed by atoms with E-state index in [1.54, 1.807) is 23.1 Å². The molecule has 0 saturated heterocycles. The van der Waals surface area contributed by atoms with E-state index >= 15 is 0 Å². The van der Waals surface area contributed by atoms with Crippen LogP contribution >= 0.6 is 23.1 Å². The van der Waals surface area contributed by atoms with E-state index in [0.29, 0.717) is 0 Å². The van der Waals surface area contributed by atoms with Gasteiger partial charge in [0.2, 0.25) is 0 Å². The first-order valence-corrected chi connectivity index (χ1v) is 10.8. The summed E-state index contributed by atoms with van der Waals surface area (Å²) in [6, 6.07) is 14.2.